The number of hydrogen-bond donors (Lipinski definition) is 3. The second kappa shape index (κ2) is 56.8. The van der Waals surface area contributed by atoms with Crippen LogP contribution in [0, 0.1) is 17.8 Å². The summed E-state index contributed by atoms with van der Waals surface area (Å²) >= 11 is 0. The van der Waals surface area contributed by atoms with E-state index in [1.165, 1.54) is 83.5 Å². The number of rotatable bonds is 62. The van der Waals surface area contributed by atoms with E-state index in [1.54, 1.807) is 0 Å². The molecule has 0 saturated heterocycles. The number of ether oxygens (including phenoxy) is 4. The maximum atomic E-state index is 13.0. The zero-order valence-corrected chi connectivity index (χ0v) is 56.3. The van der Waals surface area contributed by atoms with Gasteiger partial charge in [-0.1, -0.05) is 246 Å². The number of allylic oxidation sites excluding steroid dienone is 4. The number of unbranched alkanes of at least 4 members (excludes halogenated alkanes) is 26. The molecule has 0 heterocycles. The molecule has 0 bridgehead atoms. The normalized spacial score (nSPS) is 14.8. The summed E-state index contributed by atoms with van der Waals surface area (Å²) in [4.78, 5) is 72.2. The lowest BCUT2D eigenvalue weighted by atomic mass is 10.00. The number of aliphatic hydroxyl groups is 1. The molecular formula is C66H124O17P2. The molecule has 0 fully saturated rings. The summed E-state index contributed by atoms with van der Waals surface area (Å²) in [7, 11) is -9.90. The van der Waals surface area contributed by atoms with Gasteiger partial charge in [-0.25, -0.2) is 9.13 Å². The van der Waals surface area contributed by atoms with E-state index in [0.29, 0.717) is 31.6 Å². The van der Waals surface area contributed by atoms with Crippen molar-refractivity contribution in [2.75, 3.05) is 39.6 Å². The summed E-state index contributed by atoms with van der Waals surface area (Å²) in [6.45, 7) is 11.6. The highest BCUT2D eigenvalue weighted by Gasteiger charge is 2.30. The first-order valence-electron chi connectivity index (χ1n) is 33.7. The number of hydrogen-bond acceptors (Lipinski definition) is 15. The van der Waals surface area contributed by atoms with Crippen molar-refractivity contribution in [3.8, 4) is 0 Å². The Morgan fingerprint density at radius 1 is 0.388 bits per heavy atom. The lowest BCUT2D eigenvalue weighted by Crippen LogP contribution is -2.30. The third-order valence-corrected chi connectivity index (χ3v) is 16.8. The molecule has 0 rings (SSSR count). The molecule has 85 heavy (non-hydrogen) atoms. The molecule has 0 aromatic heterocycles. The van der Waals surface area contributed by atoms with Crippen molar-refractivity contribution in [2.45, 2.75) is 317 Å². The van der Waals surface area contributed by atoms with Crippen LogP contribution in [0.1, 0.15) is 299 Å². The number of aliphatic hydroxyl groups excluding tert-OH is 1. The molecule has 3 unspecified atom stereocenters. The molecule has 17 nitrogen and oxygen atoms in total. The number of carbonyl (C=O) groups excluding carboxylic acids is 4. The highest BCUT2D eigenvalue weighted by molar-refractivity contribution is 7.47. The van der Waals surface area contributed by atoms with Crippen LogP contribution < -0.4 is 0 Å². The Balaban J connectivity index is 5.28. The van der Waals surface area contributed by atoms with Gasteiger partial charge in [0, 0.05) is 25.7 Å². The van der Waals surface area contributed by atoms with E-state index in [2.05, 4.69) is 72.8 Å². The fraction of sp³-hybridized carbons (Fsp3) is 0.879. The average Bonchev–Trinajstić information content (AvgIpc) is 3.59. The molecule has 0 radical (unpaired) electrons. The van der Waals surface area contributed by atoms with Crippen LogP contribution in [0.2, 0.25) is 0 Å². The van der Waals surface area contributed by atoms with Gasteiger partial charge in [-0.05, 0) is 69.1 Å². The predicted molar refractivity (Wildman–Crippen MR) is 340 cm³/mol. The van der Waals surface area contributed by atoms with Gasteiger partial charge in [0.1, 0.15) is 19.3 Å². The maximum absolute atomic E-state index is 13.0. The highest BCUT2D eigenvalue weighted by Crippen LogP contribution is 2.45. The van der Waals surface area contributed by atoms with Gasteiger partial charge in [0.25, 0.3) is 0 Å². The second-order valence-electron chi connectivity index (χ2n) is 24.4. The summed E-state index contributed by atoms with van der Waals surface area (Å²) in [5.41, 5.74) is 0. The SMILES string of the molecule is CCCCCC/C=C\C=C/CCCCCCCC(=O)O[C@H](COC(=O)CCCCCCCCCCC(C)C)COP(=O)(O)OC[C@@H](O)COP(=O)(O)OC[C@@H](COC(=O)CCCCCCCCC(C)CC)OC(=O)CCCCCCCCC(C)C. The summed E-state index contributed by atoms with van der Waals surface area (Å²) in [6.07, 6.45) is 41.4. The van der Waals surface area contributed by atoms with Crippen molar-refractivity contribution in [1.29, 1.82) is 0 Å². The van der Waals surface area contributed by atoms with Crippen LogP contribution in [0.25, 0.3) is 0 Å². The van der Waals surface area contributed by atoms with Crippen molar-refractivity contribution in [3.05, 3.63) is 24.3 Å². The number of phosphoric acid groups is 2. The minimum Gasteiger partial charge on any atom is -0.462 e. The predicted octanol–water partition coefficient (Wildman–Crippen LogP) is 17.8. The second-order valence-corrected chi connectivity index (χ2v) is 27.3. The van der Waals surface area contributed by atoms with Crippen LogP contribution in [0.5, 0.6) is 0 Å². The third-order valence-electron chi connectivity index (χ3n) is 14.9. The van der Waals surface area contributed by atoms with E-state index in [0.717, 1.165) is 127 Å². The molecule has 0 aliphatic heterocycles. The van der Waals surface area contributed by atoms with Crippen LogP contribution in [0.3, 0.4) is 0 Å². The van der Waals surface area contributed by atoms with E-state index in [-0.39, 0.29) is 25.7 Å². The number of phosphoric ester groups is 2. The van der Waals surface area contributed by atoms with Crippen molar-refractivity contribution >= 4 is 39.5 Å². The van der Waals surface area contributed by atoms with Gasteiger partial charge in [-0.3, -0.25) is 37.3 Å². The maximum Gasteiger partial charge on any atom is 0.472 e. The van der Waals surface area contributed by atoms with Crippen LogP contribution in [-0.2, 0) is 65.4 Å². The van der Waals surface area contributed by atoms with Crippen LogP contribution in [-0.4, -0.2) is 96.7 Å². The third kappa shape index (κ3) is 59.0. The minimum atomic E-state index is -4.96. The van der Waals surface area contributed by atoms with E-state index >= 15 is 0 Å². The van der Waals surface area contributed by atoms with E-state index in [9.17, 15) is 43.2 Å². The Morgan fingerprint density at radius 2 is 0.694 bits per heavy atom. The van der Waals surface area contributed by atoms with Crippen LogP contribution >= 0.6 is 15.6 Å². The lowest BCUT2D eigenvalue weighted by Gasteiger charge is -2.21. The lowest BCUT2D eigenvalue weighted by molar-refractivity contribution is -0.161. The molecule has 0 aromatic rings. The first kappa shape index (κ1) is 82.5. The average molecular weight is 1250 g/mol. The standard InChI is InChI=1S/C66H124O17P2/c1-8-10-11-12-13-14-15-16-17-18-19-20-25-35-42-49-65(70)82-61(53-76-63(68)47-40-33-24-22-21-23-30-37-44-57(3)4)55-80-84(72,73)78-51-60(67)52-79-85(74,75)81-56-62(83-66(71)50-43-36-28-26-31-38-45-58(5)6)54-77-64(69)48-41-34-29-27-32-39-46-59(7)9-2/h14-17,57-62,67H,8-13,18-56H2,1-7H3,(H,72,73)(H,74,75)/b15-14-,17-16-/t59?,60-,61-,62-/m1/s1. The fourth-order valence-corrected chi connectivity index (χ4v) is 10.8. The molecular weight excluding hydrogens is 1130 g/mol. The first-order valence-corrected chi connectivity index (χ1v) is 36.7. The Bertz CT molecular complexity index is 1780. The Kier molecular flexibility index (Phi) is 55.1. The van der Waals surface area contributed by atoms with E-state index < -0.39 is 97.5 Å². The van der Waals surface area contributed by atoms with Crippen molar-refractivity contribution in [2.24, 2.45) is 17.8 Å². The molecule has 0 spiro atoms. The van der Waals surface area contributed by atoms with Gasteiger partial charge in [0.2, 0.25) is 0 Å². The minimum absolute atomic E-state index is 0.0836. The van der Waals surface area contributed by atoms with E-state index in [1.807, 2.05) is 0 Å². The largest absolute Gasteiger partial charge is 0.472 e. The van der Waals surface area contributed by atoms with Crippen molar-refractivity contribution < 1.29 is 80.2 Å². The van der Waals surface area contributed by atoms with Crippen molar-refractivity contribution in [1.82, 2.24) is 0 Å². The summed E-state index contributed by atoms with van der Waals surface area (Å²) in [6, 6.07) is 0. The highest BCUT2D eigenvalue weighted by atomic mass is 31.2. The summed E-state index contributed by atoms with van der Waals surface area (Å²) in [5.74, 6) is -0.0495. The first-order chi connectivity index (χ1) is 40.8. The Morgan fingerprint density at radius 3 is 1.05 bits per heavy atom. The zero-order chi connectivity index (χ0) is 63.1. The van der Waals surface area contributed by atoms with Gasteiger partial charge in [0.15, 0.2) is 12.2 Å². The van der Waals surface area contributed by atoms with E-state index in [4.69, 9.17) is 37.0 Å². The quantitative estimate of drug-likeness (QED) is 0.0169. The molecule has 500 valence electrons. The molecule has 19 heteroatoms. The van der Waals surface area contributed by atoms with Crippen molar-refractivity contribution in [3.63, 3.8) is 0 Å². The number of esters is 4. The van der Waals surface area contributed by atoms with Crippen LogP contribution in [0.15, 0.2) is 24.3 Å². The topological polar surface area (TPSA) is 237 Å². The fourth-order valence-electron chi connectivity index (χ4n) is 9.26. The molecule has 0 aliphatic rings. The van der Waals surface area contributed by atoms with Gasteiger partial charge >= 0.3 is 39.5 Å². The summed E-state index contributed by atoms with van der Waals surface area (Å²) in [5, 5.41) is 10.5. The zero-order valence-electron chi connectivity index (χ0n) is 54.5. The van der Waals surface area contributed by atoms with Gasteiger partial charge in [-0.15, -0.1) is 0 Å². The molecule has 6 atom stereocenters. The molecule has 0 aromatic carbocycles. The Labute approximate surface area is 516 Å². The molecule has 3 N–H and O–H groups in total. The number of carbonyl (C=O) groups is 4. The smallest absolute Gasteiger partial charge is 0.462 e. The van der Waals surface area contributed by atoms with Gasteiger partial charge in [0.05, 0.1) is 26.4 Å². The monoisotopic (exact) mass is 1250 g/mol. The molecule has 0 saturated carbocycles. The van der Waals surface area contributed by atoms with Gasteiger partial charge in [-0.2, -0.15) is 0 Å². The molecule has 0 amide bonds. The van der Waals surface area contributed by atoms with Gasteiger partial charge < -0.3 is 33.8 Å². The Hall–Kier alpha value is -2.46. The molecule has 0 aliphatic carbocycles. The summed E-state index contributed by atoms with van der Waals surface area (Å²) < 4.78 is 68.0. The van der Waals surface area contributed by atoms with Crippen LogP contribution in [0.4, 0.5) is 0 Å².